The van der Waals surface area contributed by atoms with E-state index in [-0.39, 0.29) is 0 Å². The molecule has 0 fully saturated rings. The minimum Gasteiger partial charge on any atom is -0.399 e. The van der Waals surface area contributed by atoms with Crippen LogP contribution in [0, 0.1) is 5.41 Å². The second kappa shape index (κ2) is 5.35. The number of benzene rings is 1. The van der Waals surface area contributed by atoms with Gasteiger partial charge in [-0.3, -0.25) is 0 Å². The molecule has 2 nitrogen and oxygen atoms in total. The van der Waals surface area contributed by atoms with Crippen LogP contribution < -0.4 is 5.73 Å². The van der Waals surface area contributed by atoms with E-state index in [1.165, 1.54) is 12.0 Å². The van der Waals surface area contributed by atoms with Gasteiger partial charge in [0.2, 0.25) is 0 Å². The van der Waals surface area contributed by atoms with Crippen molar-refractivity contribution in [3.05, 3.63) is 29.8 Å². The van der Waals surface area contributed by atoms with Crippen LogP contribution in [-0.2, 0) is 6.54 Å². The molecule has 0 atom stereocenters. The average Bonchev–Trinajstić information content (AvgIpc) is 2.14. The topological polar surface area (TPSA) is 29.3 Å². The molecule has 0 unspecified atom stereocenters. The molecule has 2 heteroatoms. The van der Waals surface area contributed by atoms with Crippen molar-refractivity contribution < 1.29 is 0 Å². The van der Waals surface area contributed by atoms with Crippen molar-refractivity contribution in [2.45, 2.75) is 33.7 Å². The van der Waals surface area contributed by atoms with E-state index < -0.39 is 0 Å². The first-order chi connectivity index (χ1) is 7.37. The first-order valence-corrected chi connectivity index (χ1v) is 5.90. The van der Waals surface area contributed by atoms with Crippen molar-refractivity contribution in [1.82, 2.24) is 4.90 Å². The van der Waals surface area contributed by atoms with E-state index in [1.54, 1.807) is 0 Å². The molecule has 0 aliphatic heterocycles. The minimum atomic E-state index is 0.407. The van der Waals surface area contributed by atoms with Gasteiger partial charge in [-0.25, -0.2) is 0 Å². The monoisotopic (exact) mass is 220 g/mol. The van der Waals surface area contributed by atoms with Crippen molar-refractivity contribution in [3.63, 3.8) is 0 Å². The van der Waals surface area contributed by atoms with Crippen LogP contribution in [0.1, 0.15) is 32.8 Å². The lowest BCUT2D eigenvalue weighted by Gasteiger charge is -2.23. The highest BCUT2D eigenvalue weighted by Gasteiger charge is 2.11. The van der Waals surface area contributed by atoms with Gasteiger partial charge in [0.1, 0.15) is 0 Å². The molecule has 90 valence electrons. The van der Waals surface area contributed by atoms with Crippen molar-refractivity contribution in [2.75, 3.05) is 19.3 Å². The Balaban J connectivity index is 2.43. The zero-order valence-electron chi connectivity index (χ0n) is 11.0. The normalized spacial score (nSPS) is 12.1. The van der Waals surface area contributed by atoms with E-state index in [2.05, 4.69) is 38.8 Å². The van der Waals surface area contributed by atoms with Gasteiger partial charge in [-0.15, -0.1) is 0 Å². The molecule has 0 heterocycles. The Labute approximate surface area is 99.5 Å². The van der Waals surface area contributed by atoms with Crippen LogP contribution in [0.2, 0.25) is 0 Å². The molecule has 0 aliphatic carbocycles. The zero-order chi connectivity index (χ0) is 12.2. The second-order valence-electron chi connectivity index (χ2n) is 5.79. The number of nitrogen functional groups attached to an aromatic ring is 1. The van der Waals surface area contributed by atoms with Crippen LogP contribution in [-0.4, -0.2) is 18.5 Å². The van der Waals surface area contributed by atoms with E-state index >= 15 is 0 Å². The summed E-state index contributed by atoms with van der Waals surface area (Å²) in [5.74, 6) is 0. The van der Waals surface area contributed by atoms with E-state index in [0.29, 0.717) is 5.41 Å². The average molecular weight is 220 g/mol. The SMILES string of the molecule is CN(CCC(C)(C)C)Cc1cccc(N)c1. The highest BCUT2D eigenvalue weighted by atomic mass is 15.1. The maximum atomic E-state index is 5.76. The molecular weight excluding hydrogens is 196 g/mol. The molecule has 0 saturated carbocycles. The summed E-state index contributed by atoms with van der Waals surface area (Å²) in [6.07, 6.45) is 1.21. The maximum absolute atomic E-state index is 5.76. The van der Waals surface area contributed by atoms with Gasteiger partial charge in [0.25, 0.3) is 0 Å². The van der Waals surface area contributed by atoms with Gasteiger partial charge in [-0.1, -0.05) is 32.9 Å². The summed E-state index contributed by atoms with van der Waals surface area (Å²) in [7, 11) is 2.16. The first kappa shape index (κ1) is 13.0. The predicted molar refractivity (Wildman–Crippen MR) is 71.3 cm³/mol. The van der Waals surface area contributed by atoms with Gasteiger partial charge in [0, 0.05) is 12.2 Å². The molecule has 2 N–H and O–H groups in total. The Morgan fingerprint density at radius 3 is 2.50 bits per heavy atom. The van der Waals surface area contributed by atoms with E-state index in [4.69, 9.17) is 5.73 Å². The van der Waals surface area contributed by atoms with Crippen LogP contribution in [0.3, 0.4) is 0 Å². The number of hydrogen-bond acceptors (Lipinski definition) is 2. The van der Waals surface area contributed by atoms with Gasteiger partial charge in [0.15, 0.2) is 0 Å². The van der Waals surface area contributed by atoms with Crippen LogP contribution in [0.25, 0.3) is 0 Å². The predicted octanol–water partition coefficient (Wildman–Crippen LogP) is 3.14. The van der Waals surface area contributed by atoms with E-state index in [0.717, 1.165) is 18.8 Å². The van der Waals surface area contributed by atoms with Gasteiger partial charge in [-0.05, 0) is 43.1 Å². The second-order valence-corrected chi connectivity index (χ2v) is 5.79. The number of hydrogen-bond donors (Lipinski definition) is 1. The summed E-state index contributed by atoms with van der Waals surface area (Å²) in [5, 5.41) is 0. The fraction of sp³-hybridized carbons (Fsp3) is 0.571. The Kier molecular flexibility index (Phi) is 4.36. The molecule has 0 radical (unpaired) electrons. The summed E-state index contributed by atoms with van der Waals surface area (Å²) in [4.78, 5) is 2.35. The quantitative estimate of drug-likeness (QED) is 0.790. The van der Waals surface area contributed by atoms with Crippen molar-refractivity contribution in [1.29, 1.82) is 0 Å². The Morgan fingerprint density at radius 1 is 1.25 bits per heavy atom. The van der Waals surface area contributed by atoms with Crippen molar-refractivity contribution >= 4 is 5.69 Å². The summed E-state index contributed by atoms with van der Waals surface area (Å²) < 4.78 is 0. The standard InChI is InChI=1S/C14H24N2/c1-14(2,3)8-9-16(4)11-12-6-5-7-13(15)10-12/h5-7,10H,8-9,11,15H2,1-4H3. The molecule has 0 saturated heterocycles. The first-order valence-electron chi connectivity index (χ1n) is 5.90. The lowest BCUT2D eigenvalue weighted by Crippen LogP contribution is -2.23. The van der Waals surface area contributed by atoms with Crippen molar-refractivity contribution in [3.8, 4) is 0 Å². The number of nitrogens with zero attached hydrogens (tertiary/aromatic N) is 1. The third kappa shape index (κ3) is 5.17. The molecular formula is C14H24N2. The highest BCUT2D eigenvalue weighted by molar-refractivity contribution is 5.40. The van der Waals surface area contributed by atoms with Crippen LogP contribution >= 0.6 is 0 Å². The Morgan fingerprint density at radius 2 is 1.94 bits per heavy atom. The third-order valence-corrected chi connectivity index (χ3v) is 2.65. The molecule has 1 aromatic carbocycles. The Bertz CT molecular complexity index is 326. The summed E-state index contributed by atoms with van der Waals surface area (Å²) >= 11 is 0. The lowest BCUT2D eigenvalue weighted by molar-refractivity contribution is 0.259. The van der Waals surface area contributed by atoms with Gasteiger partial charge in [-0.2, -0.15) is 0 Å². The number of nitrogens with two attached hydrogens (primary N) is 1. The van der Waals surface area contributed by atoms with E-state index in [9.17, 15) is 0 Å². The largest absolute Gasteiger partial charge is 0.399 e. The van der Waals surface area contributed by atoms with Gasteiger partial charge in [0.05, 0.1) is 0 Å². The molecule has 0 aliphatic rings. The Hall–Kier alpha value is -1.02. The summed E-state index contributed by atoms with van der Waals surface area (Å²) in [5.41, 5.74) is 8.30. The van der Waals surface area contributed by atoms with Gasteiger partial charge < -0.3 is 10.6 Å². The van der Waals surface area contributed by atoms with E-state index in [1.807, 2.05) is 18.2 Å². The van der Waals surface area contributed by atoms with Crippen molar-refractivity contribution in [2.24, 2.45) is 5.41 Å². The fourth-order valence-corrected chi connectivity index (χ4v) is 1.61. The zero-order valence-corrected chi connectivity index (χ0v) is 11.0. The minimum absolute atomic E-state index is 0.407. The maximum Gasteiger partial charge on any atom is 0.0317 e. The van der Waals surface area contributed by atoms with Crippen LogP contribution in [0.4, 0.5) is 5.69 Å². The highest BCUT2D eigenvalue weighted by Crippen LogP contribution is 2.19. The molecule has 0 spiro atoms. The smallest absolute Gasteiger partial charge is 0.0317 e. The summed E-state index contributed by atoms with van der Waals surface area (Å²) in [6, 6.07) is 8.12. The molecule has 0 bridgehead atoms. The number of anilines is 1. The molecule has 1 rings (SSSR count). The van der Waals surface area contributed by atoms with Crippen LogP contribution in [0.5, 0.6) is 0 Å². The van der Waals surface area contributed by atoms with Crippen LogP contribution in [0.15, 0.2) is 24.3 Å². The number of rotatable bonds is 4. The molecule has 1 aromatic rings. The third-order valence-electron chi connectivity index (χ3n) is 2.65. The summed E-state index contributed by atoms with van der Waals surface area (Å²) in [6.45, 7) is 8.93. The fourth-order valence-electron chi connectivity index (χ4n) is 1.61. The molecule has 0 aromatic heterocycles. The molecule has 16 heavy (non-hydrogen) atoms. The molecule has 0 amide bonds. The lowest BCUT2D eigenvalue weighted by atomic mass is 9.92. The van der Waals surface area contributed by atoms with Gasteiger partial charge >= 0.3 is 0 Å².